The molecule has 170 valence electrons. The number of aryl methyl sites for hydroxylation is 1. The largest absolute Gasteiger partial charge is 0.495 e. The van der Waals surface area contributed by atoms with E-state index in [-0.39, 0.29) is 16.2 Å². The Labute approximate surface area is 194 Å². The second-order valence-electron chi connectivity index (χ2n) is 6.79. The highest BCUT2D eigenvalue weighted by Gasteiger charge is 2.24. The highest BCUT2D eigenvalue weighted by molar-refractivity contribution is 7.89. The van der Waals surface area contributed by atoms with E-state index in [0.717, 1.165) is 9.18 Å². The topological polar surface area (TPSA) is 122 Å². The monoisotopic (exact) mass is 494 g/mol. The zero-order chi connectivity index (χ0) is 23.6. The number of anilines is 1. The number of hydrogen-bond acceptors (Lipinski definition) is 8. The molecule has 2 aromatic heterocycles. The van der Waals surface area contributed by atoms with Crippen LogP contribution in [-0.4, -0.2) is 59.6 Å². The molecule has 13 heteroatoms. The number of nitrogens with zero attached hydrogens (tertiary/aromatic N) is 4. The van der Waals surface area contributed by atoms with Crippen molar-refractivity contribution in [3.05, 3.63) is 46.9 Å². The van der Waals surface area contributed by atoms with Crippen molar-refractivity contribution in [2.45, 2.75) is 18.4 Å². The Morgan fingerprint density at radius 1 is 1.44 bits per heavy atom. The number of nitrogens with one attached hydrogen (secondary N) is 2. The van der Waals surface area contributed by atoms with Gasteiger partial charge in [0.1, 0.15) is 10.6 Å². The second-order valence-corrected chi connectivity index (χ2v) is 10.3. The molecule has 32 heavy (non-hydrogen) atoms. The molecule has 0 bridgehead atoms. The third kappa shape index (κ3) is 4.50. The molecule has 3 rings (SSSR count). The van der Waals surface area contributed by atoms with Crippen LogP contribution >= 0.6 is 23.6 Å². The summed E-state index contributed by atoms with van der Waals surface area (Å²) in [5.41, 5.74) is 0.810. The van der Waals surface area contributed by atoms with E-state index in [1.54, 1.807) is 17.6 Å². The van der Waals surface area contributed by atoms with Gasteiger partial charge in [-0.25, -0.2) is 17.7 Å². The number of methoxy groups -OCH3 is 1. The van der Waals surface area contributed by atoms with Crippen molar-refractivity contribution in [2.75, 3.05) is 26.5 Å². The molecule has 2 N–H and O–H groups in total. The molecule has 1 aromatic carbocycles. The van der Waals surface area contributed by atoms with Gasteiger partial charge in [-0.2, -0.15) is 5.10 Å². The number of ether oxygens (including phenoxy) is 1. The molecule has 0 aliphatic rings. The molecule has 0 spiro atoms. The van der Waals surface area contributed by atoms with E-state index in [9.17, 15) is 13.2 Å². The van der Waals surface area contributed by atoms with E-state index in [4.69, 9.17) is 17.0 Å². The number of amides is 1. The molecule has 1 amide bonds. The van der Waals surface area contributed by atoms with Gasteiger partial charge in [0.15, 0.2) is 15.7 Å². The molecule has 0 fully saturated rings. The van der Waals surface area contributed by atoms with Crippen LogP contribution in [-0.2, 0) is 16.6 Å². The third-order valence-corrected chi connectivity index (χ3v) is 7.69. The Balaban J connectivity index is 1.93. The Bertz CT molecular complexity index is 1340. The maximum absolute atomic E-state index is 12.8. The fourth-order valence-electron chi connectivity index (χ4n) is 2.83. The van der Waals surface area contributed by atoms with E-state index in [1.165, 1.54) is 50.7 Å². The second kappa shape index (κ2) is 9.32. The Hall–Kier alpha value is -2.87. The predicted molar refractivity (Wildman–Crippen MR) is 125 cm³/mol. The molecule has 0 aliphatic carbocycles. The summed E-state index contributed by atoms with van der Waals surface area (Å²) >= 11 is 6.49. The zero-order valence-corrected chi connectivity index (χ0v) is 20.3. The van der Waals surface area contributed by atoms with Crippen molar-refractivity contribution in [2.24, 2.45) is 0 Å². The van der Waals surface area contributed by atoms with Gasteiger partial charge in [-0.05, 0) is 37.3 Å². The van der Waals surface area contributed by atoms with Gasteiger partial charge in [0.25, 0.3) is 5.91 Å². The first-order valence-electron chi connectivity index (χ1n) is 9.26. The lowest BCUT2D eigenvalue weighted by molar-refractivity contribution is 0.102. The molecule has 10 nitrogen and oxygen atoms in total. The molecular formula is C19H22N6O4S3. The van der Waals surface area contributed by atoms with Crippen molar-refractivity contribution >= 4 is 44.6 Å². The summed E-state index contributed by atoms with van der Waals surface area (Å²) in [6.45, 7) is 6.00. The lowest BCUT2D eigenvalue weighted by Gasteiger charge is -2.15. The average Bonchev–Trinajstić information content (AvgIpc) is 3.29. The summed E-state index contributed by atoms with van der Waals surface area (Å²) in [7, 11) is 0.367. The maximum Gasteiger partial charge on any atom is 0.257 e. The standard InChI is InChI=1S/C19H22N6O4S3/c1-6-9-25-16(22-23-19(25)30)15-11(2)20-18(31-15)21-17(26)12-7-8-13(29-5)14(10-12)32(27,28)24(3)4/h6-8,10H,1,9H2,2-5H3,(H,23,30)(H,20,21,26). The summed E-state index contributed by atoms with van der Waals surface area (Å²) in [4.78, 5) is 17.9. The number of thiazole rings is 1. The van der Waals surface area contributed by atoms with Gasteiger partial charge >= 0.3 is 0 Å². The van der Waals surface area contributed by atoms with Gasteiger partial charge in [0.05, 0.1) is 17.7 Å². The van der Waals surface area contributed by atoms with E-state index < -0.39 is 15.9 Å². The summed E-state index contributed by atoms with van der Waals surface area (Å²) in [6, 6.07) is 4.20. The highest BCUT2D eigenvalue weighted by Crippen LogP contribution is 2.32. The maximum atomic E-state index is 12.8. The summed E-state index contributed by atoms with van der Waals surface area (Å²) in [6.07, 6.45) is 1.71. The number of rotatable bonds is 8. The molecule has 0 saturated carbocycles. The number of H-pyrrole nitrogens is 1. The van der Waals surface area contributed by atoms with Gasteiger partial charge < -0.3 is 4.74 Å². The van der Waals surface area contributed by atoms with Gasteiger partial charge in [-0.15, -0.1) is 6.58 Å². The quantitative estimate of drug-likeness (QED) is 0.364. The van der Waals surface area contributed by atoms with E-state index in [2.05, 4.69) is 27.1 Å². The van der Waals surface area contributed by atoms with Crippen LogP contribution in [0.4, 0.5) is 5.13 Å². The molecule has 3 aromatic rings. The first-order chi connectivity index (χ1) is 15.1. The Morgan fingerprint density at radius 2 is 2.16 bits per heavy atom. The number of aromatic amines is 1. The molecule has 2 heterocycles. The van der Waals surface area contributed by atoms with Crippen molar-refractivity contribution in [3.63, 3.8) is 0 Å². The SMILES string of the molecule is C=CCn1c(-c2sc(NC(=O)c3ccc(OC)c(S(=O)(=O)N(C)C)c3)nc2C)n[nH]c1=S. The normalized spacial score (nSPS) is 11.5. The van der Waals surface area contributed by atoms with Crippen molar-refractivity contribution in [1.29, 1.82) is 0 Å². The van der Waals surface area contributed by atoms with E-state index in [1.807, 2.05) is 0 Å². The van der Waals surface area contributed by atoms with Gasteiger partial charge in [0, 0.05) is 26.2 Å². The number of carbonyl (C=O) groups is 1. The summed E-state index contributed by atoms with van der Waals surface area (Å²) in [5.74, 6) is 0.231. The number of hydrogen-bond donors (Lipinski definition) is 2. The fraction of sp³-hybridized carbons (Fsp3) is 0.263. The first-order valence-corrected chi connectivity index (χ1v) is 11.9. The number of sulfonamides is 1. The van der Waals surface area contributed by atoms with Crippen LogP contribution in [0.3, 0.4) is 0 Å². The van der Waals surface area contributed by atoms with E-state index in [0.29, 0.717) is 28.0 Å². The average molecular weight is 495 g/mol. The number of allylic oxidation sites excluding steroid dienone is 1. The zero-order valence-electron chi connectivity index (χ0n) is 17.9. The molecule has 0 saturated heterocycles. The summed E-state index contributed by atoms with van der Waals surface area (Å²) < 4.78 is 33.7. The van der Waals surface area contributed by atoms with Crippen molar-refractivity contribution in [1.82, 2.24) is 24.1 Å². The third-order valence-electron chi connectivity index (χ3n) is 4.47. The van der Waals surface area contributed by atoms with E-state index >= 15 is 0 Å². The van der Waals surface area contributed by atoms with Crippen LogP contribution in [0.2, 0.25) is 0 Å². The van der Waals surface area contributed by atoms with Crippen LogP contribution in [0.1, 0.15) is 16.1 Å². The molecular weight excluding hydrogens is 472 g/mol. The highest BCUT2D eigenvalue weighted by atomic mass is 32.2. The minimum Gasteiger partial charge on any atom is -0.495 e. The number of carbonyl (C=O) groups excluding carboxylic acids is 1. The molecule has 0 aliphatic heterocycles. The van der Waals surface area contributed by atoms with Crippen LogP contribution in [0, 0.1) is 11.7 Å². The number of benzene rings is 1. The van der Waals surface area contributed by atoms with Crippen molar-refractivity contribution in [3.8, 4) is 16.5 Å². The Kier molecular flexibility index (Phi) is 6.93. The lowest BCUT2D eigenvalue weighted by Crippen LogP contribution is -2.23. The summed E-state index contributed by atoms with van der Waals surface area (Å²) in [5, 5.41) is 10.1. The van der Waals surface area contributed by atoms with Gasteiger partial charge in [0.2, 0.25) is 10.0 Å². The molecule has 0 atom stereocenters. The molecule has 0 radical (unpaired) electrons. The smallest absolute Gasteiger partial charge is 0.257 e. The fourth-order valence-corrected chi connectivity index (χ4v) is 5.07. The van der Waals surface area contributed by atoms with Crippen LogP contribution in [0.15, 0.2) is 35.7 Å². The predicted octanol–water partition coefficient (Wildman–Crippen LogP) is 3.07. The van der Waals surface area contributed by atoms with Crippen molar-refractivity contribution < 1.29 is 17.9 Å². The minimum atomic E-state index is -3.81. The van der Waals surface area contributed by atoms with Gasteiger partial charge in [-0.1, -0.05) is 17.4 Å². The number of aromatic nitrogens is 4. The lowest BCUT2D eigenvalue weighted by atomic mass is 10.2. The Morgan fingerprint density at radius 3 is 2.78 bits per heavy atom. The van der Waals surface area contributed by atoms with Crippen LogP contribution in [0.25, 0.3) is 10.7 Å². The minimum absolute atomic E-state index is 0.103. The van der Waals surface area contributed by atoms with Gasteiger partial charge in [-0.3, -0.25) is 19.8 Å². The van der Waals surface area contributed by atoms with Crippen LogP contribution < -0.4 is 10.1 Å². The van der Waals surface area contributed by atoms with Crippen LogP contribution in [0.5, 0.6) is 5.75 Å². The molecule has 0 unspecified atom stereocenters. The first kappa shape index (κ1) is 23.8.